The van der Waals surface area contributed by atoms with Crippen molar-refractivity contribution in [1.29, 1.82) is 0 Å². The number of nitrogens with one attached hydrogen (secondary N) is 2. The first kappa shape index (κ1) is 16.7. The number of ether oxygens (including phenoxy) is 1. The summed E-state index contributed by atoms with van der Waals surface area (Å²) in [5.74, 6) is -0.260. The number of methoxy groups -OCH3 is 1. The zero-order valence-electron chi connectivity index (χ0n) is 12.5. The van der Waals surface area contributed by atoms with E-state index in [1.807, 2.05) is 12.1 Å². The molecule has 0 fully saturated rings. The van der Waals surface area contributed by atoms with Crippen molar-refractivity contribution in [2.24, 2.45) is 0 Å². The van der Waals surface area contributed by atoms with Gasteiger partial charge in [-0.3, -0.25) is 9.78 Å². The average Bonchev–Trinajstić information content (AvgIpc) is 2.54. The molecule has 2 rings (SSSR count). The van der Waals surface area contributed by atoms with Gasteiger partial charge in [-0.15, -0.1) is 0 Å². The number of nitrogens with zero attached hydrogens (tertiary/aromatic N) is 1. The third-order valence-corrected chi connectivity index (χ3v) is 3.34. The van der Waals surface area contributed by atoms with E-state index in [-0.39, 0.29) is 6.42 Å². The highest BCUT2D eigenvalue weighted by atomic mass is 32.1. The summed E-state index contributed by atoms with van der Waals surface area (Å²) in [4.78, 5) is 15.1. The quantitative estimate of drug-likeness (QED) is 0.702. The van der Waals surface area contributed by atoms with Crippen molar-refractivity contribution in [3.05, 3.63) is 54.4 Å². The van der Waals surface area contributed by atoms with Gasteiger partial charge in [-0.05, 0) is 42.0 Å². The second-order valence-electron chi connectivity index (χ2n) is 4.76. The Labute approximate surface area is 139 Å². The van der Waals surface area contributed by atoms with E-state index >= 15 is 0 Å². The molecule has 2 aromatic rings. The second-order valence-corrected chi connectivity index (χ2v) is 5.17. The molecule has 6 nitrogen and oxygen atoms in total. The lowest BCUT2D eigenvalue weighted by Gasteiger charge is -2.20. The number of pyridine rings is 1. The van der Waals surface area contributed by atoms with Crippen LogP contribution in [0.2, 0.25) is 0 Å². The number of anilines is 1. The Morgan fingerprint density at radius 3 is 2.74 bits per heavy atom. The fraction of sp³-hybridized carbons (Fsp3) is 0.188. The third kappa shape index (κ3) is 5.23. The maximum atomic E-state index is 11.1. The fourth-order valence-electron chi connectivity index (χ4n) is 2.05. The van der Waals surface area contributed by atoms with Crippen LogP contribution in [0.3, 0.4) is 0 Å². The molecule has 7 heteroatoms. The van der Waals surface area contributed by atoms with Crippen LogP contribution in [0.15, 0.2) is 48.8 Å². The Kier molecular flexibility index (Phi) is 5.87. The largest absolute Gasteiger partial charge is 0.497 e. The van der Waals surface area contributed by atoms with Gasteiger partial charge in [0.15, 0.2) is 5.11 Å². The summed E-state index contributed by atoms with van der Waals surface area (Å²) in [6.45, 7) is 0. The number of carbonyl (C=O) groups is 1. The lowest BCUT2D eigenvalue weighted by Crippen LogP contribution is -2.33. The molecule has 0 saturated heterocycles. The topological polar surface area (TPSA) is 83.5 Å². The van der Waals surface area contributed by atoms with Gasteiger partial charge in [0.25, 0.3) is 0 Å². The van der Waals surface area contributed by atoms with Crippen molar-refractivity contribution in [3.8, 4) is 5.75 Å². The summed E-state index contributed by atoms with van der Waals surface area (Å²) in [7, 11) is 1.56. The van der Waals surface area contributed by atoms with Crippen molar-refractivity contribution >= 4 is 29.0 Å². The molecule has 1 heterocycles. The minimum Gasteiger partial charge on any atom is -0.497 e. The van der Waals surface area contributed by atoms with Crippen molar-refractivity contribution < 1.29 is 14.6 Å². The monoisotopic (exact) mass is 331 g/mol. The Morgan fingerprint density at radius 1 is 1.35 bits per heavy atom. The number of carboxylic acid groups (broad SMARTS) is 1. The van der Waals surface area contributed by atoms with E-state index in [2.05, 4.69) is 15.6 Å². The molecule has 1 aromatic heterocycles. The van der Waals surface area contributed by atoms with Gasteiger partial charge in [-0.1, -0.05) is 12.1 Å². The number of rotatable bonds is 6. The van der Waals surface area contributed by atoms with Gasteiger partial charge in [-0.2, -0.15) is 0 Å². The van der Waals surface area contributed by atoms with Gasteiger partial charge in [0.05, 0.1) is 19.6 Å². The minimum absolute atomic E-state index is 0.106. The Hall–Kier alpha value is -2.67. The third-order valence-electron chi connectivity index (χ3n) is 3.12. The van der Waals surface area contributed by atoms with E-state index < -0.39 is 12.0 Å². The molecule has 0 aliphatic heterocycles. The van der Waals surface area contributed by atoms with Gasteiger partial charge < -0.3 is 20.5 Å². The lowest BCUT2D eigenvalue weighted by atomic mass is 10.0. The predicted octanol–water partition coefficient (Wildman–Crippen LogP) is 2.59. The van der Waals surface area contributed by atoms with E-state index in [1.54, 1.807) is 43.8 Å². The SMILES string of the molecule is COc1cccc(C(CC(=O)O)NC(=S)Nc2ccncc2)c1. The van der Waals surface area contributed by atoms with Crippen molar-refractivity contribution in [3.63, 3.8) is 0 Å². The first-order chi connectivity index (χ1) is 11.1. The minimum atomic E-state index is -0.919. The van der Waals surface area contributed by atoms with Gasteiger partial charge >= 0.3 is 5.97 Å². The summed E-state index contributed by atoms with van der Waals surface area (Å²) < 4.78 is 5.18. The van der Waals surface area contributed by atoms with Crippen LogP contribution in [-0.2, 0) is 4.79 Å². The summed E-state index contributed by atoms with van der Waals surface area (Å²) >= 11 is 5.26. The maximum absolute atomic E-state index is 11.1. The van der Waals surface area contributed by atoms with E-state index in [0.717, 1.165) is 11.3 Å². The van der Waals surface area contributed by atoms with Gasteiger partial charge in [0.1, 0.15) is 5.75 Å². The Bertz CT molecular complexity index is 679. The highest BCUT2D eigenvalue weighted by molar-refractivity contribution is 7.80. The molecule has 3 N–H and O–H groups in total. The van der Waals surface area contributed by atoms with Crippen LogP contribution in [-0.4, -0.2) is 28.3 Å². The van der Waals surface area contributed by atoms with Crippen LogP contribution in [0.25, 0.3) is 0 Å². The first-order valence-corrected chi connectivity index (χ1v) is 7.32. The second kappa shape index (κ2) is 8.09. The molecule has 0 spiro atoms. The standard InChI is InChI=1S/C16H17N3O3S/c1-22-13-4-2-3-11(9-13)14(10-15(20)21)19-16(23)18-12-5-7-17-8-6-12/h2-9,14H,10H2,1H3,(H,20,21)(H2,17,18,19,23). The van der Waals surface area contributed by atoms with E-state index in [0.29, 0.717) is 10.9 Å². The molecule has 0 amide bonds. The smallest absolute Gasteiger partial charge is 0.305 e. The molecule has 0 bridgehead atoms. The Balaban J connectivity index is 2.11. The number of aliphatic carboxylic acids is 1. The molecule has 23 heavy (non-hydrogen) atoms. The van der Waals surface area contributed by atoms with E-state index in [4.69, 9.17) is 22.1 Å². The Morgan fingerprint density at radius 2 is 2.09 bits per heavy atom. The molecule has 0 saturated carbocycles. The fourth-order valence-corrected chi connectivity index (χ4v) is 2.31. The first-order valence-electron chi connectivity index (χ1n) is 6.92. The number of hydrogen-bond donors (Lipinski definition) is 3. The number of aromatic nitrogens is 1. The van der Waals surface area contributed by atoms with E-state index in [9.17, 15) is 4.79 Å². The van der Waals surface area contributed by atoms with Crippen LogP contribution in [0, 0.1) is 0 Å². The normalized spacial score (nSPS) is 11.3. The summed E-state index contributed by atoms with van der Waals surface area (Å²) in [5.41, 5.74) is 1.56. The van der Waals surface area contributed by atoms with Gasteiger partial charge in [0, 0.05) is 18.1 Å². The summed E-state index contributed by atoms with van der Waals surface area (Å²) in [5, 5.41) is 15.5. The zero-order valence-corrected chi connectivity index (χ0v) is 13.3. The molecule has 1 unspecified atom stereocenters. The number of benzene rings is 1. The molecule has 120 valence electrons. The van der Waals surface area contributed by atoms with Gasteiger partial charge in [-0.25, -0.2) is 0 Å². The highest BCUT2D eigenvalue weighted by Gasteiger charge is 2.17. The van der Waals surface area contributed by atoms with Crippen molar-refractivity contribution in [2.75, 3.05) is 12.4 Å². The molecule has 0 radical (unpaired) electrons. The average molecular weight is 331 g/mol. The van der Waals surface area contributed by atoms with Crippen LogP contribution >= 0.6 is 12.2 Å². The van der Waals surface area contributed by atoms with E-state index in [1.165, 1.54) is 0 Å². The van der Waals surface area contributed by atoms with Crippen molar-refractivity contribution in [2.45, 2.75) is 12.5 Å². The number of carboxylic acids is 1. The molecule has 1 aromatic carbocycles. The van der Waals surface area contributed by atoms with Crippen molar-refractivity contribution in [1.82, 2.24) is 10.3 Å². The summed E-state index contributed by atoms with van der Waals surface area (Å²) in [6, 6.07) is 10.3. The van der Waals surface area contributed by atoms with Crippen LogP contribution in [0.1, 0.15) is 18.0 Å². The predicted molar refractivity (Wildman–Crippen MR) is 91.6 cm³/mol. The molecule has 1 atom stereocenters. The van der Waals surface area contributed by atoms with Gasteiger partial charge in [0.2, 0.25) is 0 Å². The van der Waals surface area contributed by atoms with Crippen LogP contribution in [0.5, 0.6) is 5.75 Å². The van der Waals surface area contributed by atoms with Crippen LogP contribution < -0.4 is 15.4 Å². The number of hydrogen-bond acceptors (Lipinski definition) is 4. The zero-order chi connectivity index (χ0) is 16.7. The number of thiocarbonyl (C=S) groups is 1. The lowest BCUT2D eigenvalue weighted by molar-refractivity contribution is -0.137. The van der Waals surface area contributed by atoms with Crippen LogP contribution in [0.4, 0.5) is 5.69 Å². The summed E-state index contributed by atoms with van der Waals surface area (Å²) in [6.07, 6.45) is 3.18. The molecular weight excluding hydrogens is 314 g/mol. The molecule has 0 aliphatic carbocycles. The molecular formula is C16H17N3O3S. The maximum Gasteiger partial charge on any atom is 0.305 e. The highest BCUT2D eigenvalue weighted by Crippen LogP contribution is 2.22. The molecule has 0 aliphatic rings.